The van der Waals surface area contributed by atoms with Crippen LogP contribution in [0.15, 0.2) is 486 Å². The lowest BCUT2D eigenvalue weighted by atomic mass is 9.93. The Morgan fingerprint density at radius 1 is 0.196 bits per heavy atom. The van der Waals surface area contributed by atoms with Crippen LogP contribution in [0.1, 0.15) is 16.8 Å². The van der Waals surface area contributed by atoms with Gasteiger partial charge in [0, 0.05) is 123 Å². The third kappa shape index (κ3) is 17.3. The highest BCUT2D eigenvalue weighted by atomic mass is 32.1. The number of nitriles is 3. The van der Waals surface area contributed by atoms with Gasteiger partial charge in [0.15, 0.2) is 5.69 Å². The third-order valence-corrected chi connectivity index (χ3v) is 32.3. The van der Waals surface area contributed by atoms with Gasteiger partial charge in [0.1, 0.15) is 17.8 Å². The third-order valence-electron chi connectivity index (χ3n) is 27.9. The van der Waals surface area contributed by atoms with Gasteiger partial charge in [0.2, 0.25) is 0 Å². The Morgan fingerprint density at radius 2 is 0.507 bits per heavy atom. The minimum absolute atomic E-state index is 0.429. The van der Waals surface area contributed by atoms with Crippen LogP contribution in [0, 0.1) is 40.6 Å². The van der Waals surface area contributed by atoms with Gasteiger partial charge in [-0.05, 0) is 251 Å². The molecule has 8 aromatic heterocycles. The van der Waals surface area contributed by atoms with Crippen molar-refractivity contribution in [1.82, 2.24) is 19.9 Å². The zero-order valence-corrected chi connectivity index (χ0v) is 82.7. The molecular weight excluding hydrogens is 1870 g/mol. The fourth-order valence-corrected chi connectivity index (χ4v) is 25.5. The smallest absolute Gasteiger partial charge is 0.190 e. The van der Waals surface area contributed by atoms with E-state index in [9.17, 15) is 15.8 Å². The van der Waals surface area contributed by atoms with Crippen LogP contribution in [-0.4, -0.2) is 19.9 Å². The van der Waals surface area contributed by atoms with Gasteiger partial charge in [-0.3, -0.25) is 15.0 Å². The summed E-state index contributed by atoms with van der Waals surface area (Å²) in [4.78, 5) is 20.9. The fourth-order valence-electron chi connectivity index (χ4n) is 20.7. The molecule has 0 saturated carbocycles. The molecule has 28 aromatic rings. The summed E-state index contributed by atoms with van der Waals surface area (Å²) in [5, 5.41) is 48.3. The van der Waals surface area contributed by atoms with Crippen molar-refractivity contribution in [2.75, 3.05) is 0 Å². The number of rotatable bonds is 12. The minimum Gasteiger partial charge on any atom is -0.263 e. The maximum atomic E-state index is 9.24. The highest BCUT2D eigenvalue weighted by molar-refractivity contribution is 7.27. The van der Waals surface area contributed by atoms with Gasteiger partial charge in [-0.25, -0.2) is 9.83 Å². The van der Waals surface area contributed by atoms with Crippen molar-refractivity contribution in [3.05, 3.63) is 514 Å². The number of aromatic nitrogens is 4. The van der Waals surface area contributed by atoms with E-state index in [-0.39, 0.29) is 0 Å². The molecule has 688 valence electrons. The Labute approximate surface area is 869 Å². The van der Waals surface area contributed by atoms with Crippen LogP contribution in [0.3, 0.4) is 0 Å². The number of hydrogen-bond donors (Lipinski definition) is 0. The number of fused-ring (bicyclic) bond motifs is 20. The molecule has 0 unspecified atom stereocenters. The molecule has 0 N–H and O–H groups in total. The number of nitrogens with zero attached hydrogens (tertiary/aromatic N) is 8. The first-order chi connectivity index (χ1) is 73.1. The maximum Gasteiger partial charge on any atom is 0.190 e. The van der Waals surface area contributed by atoms with E-state index in [0.29, 0.717) is 22.5 Å². The van der Waals surface area contributed by atoms with E-state index >= 15 is 0 Å². The highest BCUT2D eigenvalue weighted by Gasteiger charge is 2.23. The molecule has 0 saturated heterocycles. The van der Waals surface area contributed by atoms with E-state index in [4.69, 9.17) is 6.57 Å². The first kappa shape index (κ1) is 90.2. The van der Waals surface area contributed by atoms with Crippen LogP contribution in [0.25, 0.3) is 262 Å². The largest absolute Gasteiger partial charge is 0.263 e. The zero-order valence-electron chi connectivity index (χ0n) is 79.4. The number of hydrogen-bond acceptors (Lipinski definition) is 11. The van der Waals surface area contributed by atoms with Gasteiger partial charge in [-0.15, -0.1) is 45.3 Å². The van der Waals surface area contributed by atoms with Crippen LogP contribution in [0.5, 0.6) is 0 Å². The van der Waals surface area contributed by atoms with Crippen LogP contribution in [0.2, 0.25) is 0 Å². The number of pyridine rings is 4. The van der Waals surface area contributed by atoms with Gasteiger partial charge >= 0.3 is 0 Å². The van der Waals surface area contributed by atoms with Crippen molar-refractivity contribution >= 4 is 175 Å². The highest BCUT2D eigenvalue weighted by Crippen LogP contribution is 2.51. The molecule has 0 atom stereocenters. The summed E-state index contributed by atoms with van der Waals surface area (Å²) >= 11 is 7.43. The summed E-state index contributed by atoms with van der Waals surface area (Å²) in [5.74, 6) is 0. The lowest BCUT2D eigenvalue weighted by Crippen LogP contribution is -1.86. The van der Waals surface area contributed by atoms with Gasteiger partial charge in [0.05, 0.1) is 35.2 Å². The molecule has 0 spiro atoms. The summed E-state index contributed by atoms with van der Waals surface area (Å²) in [6, 6.07) is 167. The Balaban J connectivity index is 0.000000103. The van der Waals surface area contributed by atoms with Crippen LogP contribution < -0.4 is 0 Å². The zero-order chi connectivity index (χ0) is 99.1. The molecule has 0 aliphatic rings. The lowest BCUT2D eigenvalue weighted by molar-refractivity contribution is 1.26. The first-order valence-electron chi connectivity index (χ1n) is 48.7. The van der Waals surface area contributed by atoms with Crippen LogP contribution >= 0.6 is 45.3 Å². The summed E-state index contributed by atoms with van der Waals surface area (Å²) in [6.45, 7) is 7.35. The van der Waals surface area contributed by atoms with E-state index in [1.807, 2.05) is 75.7 Å². The summed E-state index contributed by atoms with van der Waals surface area (Å²) in [6.07, 6.45) is 8.48. The molecule has 0 radical (unpaired) electrons. The van der Waals surface area contributed by atoms with E-state index in [1.54, 1.807) is 43.1 Å². The normalized spacial score (nSPS) is 11.2. The van der Waals surface area contributed by atoms with E-state index in [0.717, 1.165) is 50.3 Å². The molecule has 8 heterocycles. The Hall–Kier alpha value is -19.1. The van der Waals surface area contributed by atoms with Crippen LogP contribution in [-0.2, 0) is 0 Å². The summed E-state index contributed by atoms with van der Waals surface area (Å²) < 4.78 is 10.4. The predicted octanol–water partition coefficient (Wildman–Crippen LogP) is 38.6. The quantitative estimate of drug-likeness (QED) is 0.111. The molecule has 0 bridgehead atoms. The molecule has 0 aliphatic carbocycles. The van der Waals surface area contributed by atoms with Crippen molar-refractivity contribution in [1.29, 1.82) is 15.8 Å². The maximum absolute atomic E-state index is 9.24. The minimum atomic E-state index is 0.429. The van der Waals surface area contributed by atoms with E-state index in [1.165, 1.54) is 207 Å². The molecule has 0 aliphatic heterocycles. The van der Waals surface area contributed by atoms with Crippen molar-refractivity contribution in [3.8, 4) is 152 Å². The molecule has 12 heteroatoms. The predicted molar refractivity (Wildman–Crippen MR) is 624 cm³/mol. The standard InChI is InChI=1S/4C34H20N2S/c1-35-26-16-17-36-31(20-26)25-11-7-10-24(18-25)30-21-33-34(28-13-6-5-12-27(28)30)29-15-14-23(19-32(29)37-33)22-8-3-2-4-9-22;35-19-22-16-27(21-36-20-22)24-10-12-25(13-11-24)31-18-33-34(29-9-5-4-8-28(29)31)30-15-14-26(17-32(30)37-33)23-6-2-1-3-7-23;35-21-22-16-17-36-31(18-22)25-12-10-24(11-13-25)30-20-33-34(28-9-5-4-8-27(28)30)29-15-14-26(19-32(29)37-33)23-6-2-1-3-7-23;35-21-27-18-26(16-17-36-27)23-10-12-24(13-11-23)31-20-33-34(29-9-5-4-8-28(29)31)30-15-14-25(19-32(30)37-33)22-6-2-1-3-7-22/h2-21H;1-18,20-21H;2*1-20H. The monoisotopic (exact) mass is 1950 g/mol. The molecule has 20 aromatic carbocycles. The summed E-state index contributed by atoms with van der Waals surface area (Å²) in [5.41, 5.74) is 29.4. The first-order valence-corrected chi connectivity index (χ1v) is 52.0. The van der Waals surface area contributed by atoms with Gasteiger partial charge in [0.25, 0.3) is 0 Å². The summed E-state index contributed by atoms with van der Waals surface area (Å²) in [7, 11) is 0. The van der Waals surface area contributed by atoms with Crippen molar-refractivity contribution < 1.29 is 0 Å². The second-order valence-corrected chi connectivity index (χ2v) is 40.9. The van der Waals surface area contributed by atoms with Crippen LogP contribution in [0.4, 0.5) is 5.69 Å². The SMILES string of the molecule is N#Cc1cc(-c2ccc(-c3cc4sc5cc(-c6ccccc6)ccc5c4c4ccccc34)cc2)ccn1.N#Cc1ccnc(-c2ccc(-c3cc4sc5cc(-c6ccccc6)ccc5c4c4ccccc34)cc2)c1.N#Cc1cncc(-c2ccc(-c3cc4sc5cc(-c6ccccc6)ccc5c4c4ccccc34)cc2)c1.[C-]#[N+]c1ccnc(-c2cccc(-c3cc4sc5cc(-c6ccccc6)ccc5c4c4ccccc34)c2)c1. The Kier molecular flexibility index (Phi) is 23.9. The van der Waals surface area contributed by atoms with Crippen molar-refractivity contribution in [2.24, 2.45) is 0 Å². The van der Waals surface area contributed by atoms with Gasteiger partial charge < -0.3 is 0 Å². The lowest BCUT2D eigenvalue weighted by Gasteiger charge is -2.11. The molecular formula is C136H80N8S4. The van der Waals surface area contributed by atoms with E-state index < -0.39 is 0 Å². The molecule has 148 heavy (non-hydrogen) atoms. The molecule has 28 rings (SSSR count). The average Bonchev–Trinajstić information content (AvgIpc) is 1.59. The Bertz CT molecular complexity index is 9580. The molecule has 0 fully saturated rings. The topological polar surface area (TPSA) is 127 Å². The van der Waals surface area contributed by atoms with Crippen molar-refractivity contribution in [2.45, 2.75) is 0 Å². The van der Waals surface area contributed by atoms with Gasteiger partial charge in [-0.1, -0.05) is 358 Å². The van der Waals surface area contributed by atoms with Crippen molar-refractivity contribution in [3.63, 3.8) is 0 Å². The molecule has 0 amide bonds. The number of benzene rings is 20. The Morgan fingerprint density at radius 3 is 0.892 bits per heavy atom. The second kappa shape index (κ2) is 39.3. The fraction of sp³-hybridized carbons (Fsp3) is 0. The van der Waals surface area contributed by atoms with Gasteiger partial charge in [-0.2, -0.15) is 15.8 Å². The molecule has 8 nitrogen and oxygen atoms in total. The number of thiophene rings is 4. The van der Waals surface area contributed by atoms with E-state index in [2.05, 4.69) is 456 Å². The second-order valence-electron chi connectivity index (χ2n) is 36.6. The average molecular weight is 1950 g/mol.